The van der Waals surface area contributed by atoms with E-state index in [0.717, 1.165) is 34.3 Å². The fourth-order valence-corrected chi connectivity index (χ4v) is 5.24. The molecule has 5 rings (SSSR count). The number of thiophene rings is 1. The van der Waals surface area contributed by atoms with Crippen LogP contribution in [-0.4, -0.2) is 39.3 Å². The Morgan fingerprint density at radius 1 is 1.17 bits per heavy atom. The minimum Gasteiger partial charge on any atom is -0.397 e. The molecule has 0 saturated carbocycles. The molecule has 4 aromatic heterocycles. The molecule has 0 atom stereocenters. The lowest BCUT2D eigenvalue weighted by molar-refractivity contribution is 0.103. The molecule has 0 aliphatic heterocycles. The van der Waals surface area contributed by atoms with Crippen molar-refractivity contribution in [1.29, 1.82) is 0 Å². The van der Waals surface area contributed by atoms with E-state index < -0.39 is 11.7 Å². The molecule has 4 heterocycles. The number of nitrogens with two attached hydrogens (primary N) is 1. The van der Waals surface area contributed by atoms with Gasteiger partial charge in [0.15, 0.2) is 5.13 Å². The van der Waals surface area contributed by atoms with Crippen LogP contribution in [0.15, 0.2) is 60.1 Å². The number of nitrogens with one attached hydrogen (secondary N) is 2. The van der Waals surface area contributed by atoms with E-state index >= 15 is 0 Å². The summed E-state index contributed by atoms with van der Waals surface area (Å²) in [7, 11) is 4.06. The Labute approximate surface area is 208 Å². The third-order valence-corrected chi connectivity index (χ3v) is 6.96. The largest absolute Gasteiger partial charge is 0.397 e. The number of benzene rings is 1. The summed E-state index contributed by atoms with van der Waals surface area (Å²) in [4.78, 5) is 24.4. The fraction of sp³-hybridized carbons (Fsp3) is 0.125. The predicted octanol–water partition coefficient (Wildman–Crippen LogP) is 5.30. The van der Waals surface area contributed by atoms with Crippen LogP contribution >= 0.6 is 22.7 Å². The van der Waals surface area contributed by atoms with Crippen molar-refractivity contribution < 1.29 is 9.18 Å². The van der Waals surface area contributed by atoms with E-state index in [1.807, 2.05) is 37.8 Å². The molecule has 8 nitrogen and oxygen atoms in total. The fourth-order valence-electron chi connectivity index (χ4n) is 3.66. The number of fused-ring (bicyclic) bond motifs is 1. The Morgan fingerprint density at radius 3 is 2.80 bits per heavy atom. The highest BCUT2D eigenvalue weighted by molar-refractivity contribution is 7.19. The standard InChI is InChI=1S/C24H22FN7OS2/c1-31(2)12-14-5-3-8-20-27-11-18(32(14)20)17-13-34-24(28-17)29-21-10-9-19(35-21)23(33)30-22-15(25)6-4-7-16(22)26/h3-11,13H,12,26H2,1-2H3,(H,28,29)(H,30,33). The molecular formula is C24H22FN7OS2. The number of hydrogen-bond acceptors (Lipinski definition) is 8. The zero-order valence-corrected chi connectivity index (χ0v) is 20.6. The van der Waals surface area contributed by atoms with E-state index in [0.29, 0.717) is 10.0 Å². The summed E-state index contributed by atoms with van der Waals surface area (Å²) in [6, 6.07) is 13.8. The van der Waals surface area contributed by atoms with E-state index in [9.17, 15) is 9.18 Å². The van der Waals surface area contributed by atoms with Gasteiger partial charge in [-0.25, -0.2) is 14.4 Å². The van der Waals surface area contributed by atoms with Gasteiger partial charge in [0, 0.05) is 17.6 Å². The van der Waals surface area contributed by atoms with Crippen LogP contribution in [0.4, 0.5) is 25.9 Å². The van der Waals surface area contributed by atoms with Gasteiger partial charge in [-0.3, -0.25) is 9.20 Å². The van der Waals surface area contributed by atoms with E-state index in [4.69, 9.17) is 10.7 Å². The van der Waals surface area contributed by atoms with Gasteiger partial charge in [-0.1, -0.05) is 12.1 Å². The summed E-state index contributed by atoms with van der Waals surface area (Å²) in [5, 5.41) is 9.20. The second-order valence-corrected chi connectivity index (χ2v) is 10.0. The van der Waals surface area contributed by atoms with Crippen molar-refractivity contribution in [3.05, 3.63) is 76.5 Å². The van der Waals surface area contributed by atoms with Gasteiger partial charge in [-0.2, -0.15) is 0 Å². The number of halogens is 1. The number of carbonyl (C=O) groups excluding carboxylic acids is 1. The van der Waals surface area contributed by atoms with Crippen LogP contribution in [0.3, 0.4) is 0 Å². The number of anilines is 4. The molecule has 0 aliphatic carbocycles. The molecule has 1 amide bonds. The molecule has 0 bridgehead atoms. The van der Waals surface area contributed by atoms with E-state index in [1.165, 1.54) is 40.9 Å². The molecule has 0 spiro atoms. The van der Waals surface area contributed by atoms with Crippen LogP contribution in [0.5, 0.6) is 0 Å². The van der Waals surface area contributed by atoms with Gasteiger partial charge < -0.3 is 21.3 Å². The molecule has 35 heavy (non-hydrogen) atoms. The quantitative estimate of drug-likeness (QED) is 0.259. The lowest BCUT2D eigenvalue weighted by Crippen LogP contribution is -2.13. The molecule has 0 fully saturated rings. The number of imidazole rings is 1. The molecule has 0 radical (unpaired) electrons. The van der Waals surface area contributed by atoms with Crippen LogP contribution in [0.2, 0.25) is 0 Å². The molecule has 0 unspecified atom stereocenters. The average Bonchev–Trinajstić information content (AvgIpc) is 3.56. The molecule has 5 aromatic rings. The lowest BCUT2D eigenvalue weighted by Gasteiger charge is -2.12. The summed E-state index contributed by atoms with van der Waals surface area (Å²) < 4.78 is 16.1. The van der Waals surface area contributed by atoms with Gasteiger partial charge in [0.2, 0.25) is 0 Å². The van der Waals surface area contributed by atoms with Gasteiger partial charge in [0.25, 0.3) is 5.91 Å². The number of pyridine rings is 1. The Kier molecular flexibility index (Phi) is 6.20. The second kappa shape index (κ2) is 9.45. The molecule has 0 saturated heterocycles. The van der Waals surface area contributed by atoms with Crippen molar-refractivity contribution in [3.63, 3.8) is 0 Å². The number of thiazole rings is 1. The molecule has 11 heteroatoms. The first-order valence-electron chi connectivity index (χ1n) is 10.7. The normalized spacial score (nSPS) is 11.3. The number of hydrogen-bond donors (Lipinski definition) is 3. The number of nitrogens with zero attached hydrogens (tertiary/aromatic N) is 4. The molecule has 1 aromatic carbocycles. The highest BCUT2D eigenvalue weighted by atomic mass is 32.1. The number of aromatic nitrogens is 3. The first-order chi connectivity index (χ1) is 16.9. The minimum atomic E-state index is -0.579. The second-order valence-electron chi connectivity index (χ2n) is 8.08. The third kappa shape index (κ3) is 4.74. The van der Waals surface area contributed by atoms with Gasteiger partial charge in [-0.15, -0.1) is 22.7 Å². The third-order valence-electron chi connectivity index (χ3n) is 5.20. The maximum Gasteiger partial charge on any atom is 0.265 e. The summed E-state index contributed by atoms with van der Waals surface area (Å²) in [5.41, 5.74) is 9.64. The van der Waals surface area contributed by atoms with E-state index in [2.05, 4.69) is 31.0 Å². The molecule has 4 N–H and O–H groups in total. The number of para-hydroxylation sites is 1. The van der Waals surface area contributed by atoms with Crippen LogP contribution in [-0.2, 0) is 6.54 Å². The van der Waals surface area contributed by atoms with Gasteiger partial charge in [0.1, 0.15) is 22.8 Å². The maximum atomic E-state index is 14.0. The highest BCUT2D eigenvalue weighted by Gasteiger charge is 2.16. The minimum absolute atomic E-state index is 0.0216. The van der Waals surface area contributed by atoms with Gasteiger partial charge in [-0.05, 0) is 50.5 Å². The SMILES string of the molecule is CN(C)Cc1cccc2ncc(-c3csc(Nc4ccc(C(=O)Nc5c(N)cccc5F)s4)n3)n12. The van der Waals surface area contributed by atoms with E-state index in [1.54, 1.807) is 12.1 Å². The van der Waals surface area contributed by atoms with Gasteiger partial charge in [0.05, 0.1) is 27.5 Å². The number of rotatable bonds is 7. The smallest absolute Gasteiger partial charge is 0.265 e. The van der Waals surface area contributed by atoms with Crippen molar-refractivity contribution in [2.75, 3.05) is 30.5 Å². The Hall–Kier alpha value is -3.80. The maximum absolute atomic E-state index is 14.0. The Morgan fingerprint density at radius 2 is 2.00 bits per heavy atom. The monoisotopic (exact) mass is 507 g/mol. The first kappa shape index (κ1) is 23.0. The van der Waals surface area contributed by atoms with E-state index in [-0.39, 0.29) is 11.4 Å². The highest BCUT2D eigenvalue weighted by Crippen LogP contribution is 2.32. The van der Waals surface area contributed by atoms with Crippen molar-refractivity contribution in [2.45, 2.75) is 6.54 Å². The van der Waals surface area contributed by atoms with Gasteiger partial charge >= 0.3 is 0 Å². The summed E-state index contributed by atoms with van der Waals surface area (Å²) in [6.45, 7) is 0.772. The molecule has 178 valence electrons. The predicted molar refractivity (Wildman–Crippen MR) is 140 cm³/mol. The molecule has 0 aliphatic rings. The van der Waals surface area contributed by atoms with Crippen LogP contribution in [0, 0.1) is 5.82 Å². The van der Waals surface area contributed by atoms with Crippen molar-refractivity contribution in [3.8, 4) is 11.4 Å². The van der Waals surface area contributed by atoms with Crippen molar-refractivity contribution >= 4 is 55.7 Å². The van der Waals surface area contributed by atoms with Crippen LogP contribution < -0.4 is 16.4 Å². The van der Waals surface area contributed by atoms with Crippen LogP contribution in [0.1, 0.15) is 15.4 Å². The molecular weight excluding hydrogens is 485 g/mol. The topological polar surface area (TPSA) is 101 Å². The lowest BCUT2D eigenvalue weighted by atomic mass is 10.2. The average molecular weight is 508 g/mol. The zero-order valence-electron chi connectivity index (χ0n) is 18.9. The number of carbonyl (C=O) groups is 1. The summed E-state index contributed by atoms with van der Waals surface area (Å²) >= 11 is 2.70. The summed E-state index contributed by atoms with van der Waals surface area (Å²) in [5.74, 6) is -1.01. The van der Waals surface area contributed by atoms with Crippen molar-refractivity contribution in [2.24, 2.45) is 0 Å². The first-order valence-corrected chi connectivity index (χ1v) is 12.4. The van der Waals surface area contributed by atoms with Crippen molar-refractivity contribution in [1.82, 2.24) is 19.3 Å². The Balaban J connectivity index is 1.34. The Bertz CT molecular complexity index is 1500. The number of amides is 1. The zero-order chi connectivity index (χ0) is 24.5. The van der Waals surface area contributed by atoms with Crippen LogP contribution in [0.25, 0.3) is 17.0 Å². The number of nitrogen functional groups attached to an aromatic ring is 1. The summed E-state index contributed by atoms with van der Waals surface area (Å²) in [6.07, 6.45) is 1.83.